The summed E-state index contributed by atoms with van der Waals surface area (Å²) >= 11 is 0.859. The van der Waals surface area contributed by atoms with Crippen molar-refractivity contribution in [3.63, 3.8) is 0 Å². The van der Waals surface area contributed by atoms with Gasteiger partial charge in [-0.05, 0) is 19.1 Å². The second kappa shape index (κ2) is 6.20. The third kappa shape index (κ3) is 4.52. The second-order valence-electron chi connectivity index (χ2n) is 3.94. The molecule has 2 aromatic rings. The van der Waals surface area contributed by atoms with Gasteiger partial charge in [0.05, 0.1) is 11.5 Å². The van der Waals surface area contributed by atoms with Crippen molar-refractivity contribution in [2.45, 2.75) is 23.6 Å². The van der Waals surface area contributed by atoms with E-state index in [9.17, 15) is 18.0 Å². The van der Waals surface area contributed by atoms with E-state index in [4.69, 9.17) is 8.83 Å². The monoisotopic (exact) mass is 321 g/mol. The van der Waals surface area contributed by atoms with E-state index in [2.05, 4.69) is 10.2 Å². The number of amides is 1. The summed E-state index contributed by atoms with van der Waals surface area (Å²) in [7, 11) is 0. The SMILES string of the molecule is C[C@@H](Sc1nnc(-c2ccco2)o1)C(=O)NCC(F)(F)F. The van der Waals surface area contributed by atoms with Crippen LogP contribution in [0.4, 0.5) is 13.2 Å². The number of thioether (sulfide) groups is 1. The van der Waals surface area contributed by atoms with Crippen LogP contribution in [0, 0.1) is 0 Å². The van der Waals surface area contributed by atoms with Gasteiger partial charge in [-0.15, -0.1) is 10.2 Å². The molecule has 1 atom stereocenters. The largest absolute Gasteiger partial charge is 0.459 e. The fraction of sp³-hybridized carbons (Fsp3) is 0.364. The van der Waals surface area contributed by atoms with Gasteiger partial charge < -0.3 is 14.2 Å². The summed E-state index contributed by atoms with van der Waals surface area (Å²) in [4.78, 5) is 11.5. The predicted molar refractivity (Wildman–Crippen MR) is 66.4 cm³/mol. The first kappa shape index (κ1) is 15.4. The Morgan fingerprint density at radius 3 is 2.86 bits per heavy atom. The fourth-order valence-electron chi connectivity index (χ4n) is 1.29. The van der Waals surface area contributed by atoms with Gasteiger partial charge in [0.25, 0.3) is 11.1 Å². The maximum absolute atomic E-state index is 12.0. The van der Waals surface area contributed by atoms with Crippen LogP contribution in [0.15, 0.2) is 32.5 Å². The molecule has 0 radical (unpaired) electrons. The van der Waals surface area contributed by atoms with Crippen LogP contribution in [0.25, 0.3) is 11.7 Å². The third-order valence-corrected chi connectivity index (χ3v) is 3.18. The van der Waals surface area contributed by atoms with Crippen molar-refractivity contribution in [2.75, 3.05) is 6.54 Å². The minimum atomic E-state index is -4.45. The Hall–Kier alpha value is -1.97. The van der Waals surface area contributed by atoms with Gasteiger partial charge in [0, 0.05) is 0 Å². The first-order valence-electron chi connectivity index (χ1n) is 5.73. The highest BCUT2D eigenvalue weighted by atomic mass is 32.2. The molecular weight excluding hydrogens is 311 g/mol. The lowest BCUT2D eigenvalue weighted by Gasteiger charge is -2.11. The second-order valence-corrected chi connectivity index (χ2v) is 5.24. The van der Waals surface area contributed by atoms with Gasteiger partial charge in [-0.2, -0.15) is 13.2 Å². The van der Waals surface area contributed by atoms with Crippen LogP contribution in [-0.4, -0.2) is 34.1 Å². The number of nitrogens with one attached hydrogen (secondary N) is 1. The summed E-state index contributed by atoms with van der Waals surface area (Å²) in [6.45, 7) is 0.0609. The normalized spacial score (nSPS) is 13.1. The molecule has 2 aromatic heterocycles. The Balaban J connectivity index is 1.91. The van der Waals surface area contributed by atoms with Crippen molar-refractivity contribution >= 4 is 17.7 Å². The van der Waals surface area contributed by atoms with Gasteiger partial charge in [-0.25, -0.2) is 0 Å². The molecule has 0 aromatic carbocycles. The van der Waals surface area contributed by atoms with E-state index in [1.165, 1.54) is 13.2 Å². The van der Waals surface area contributed by atoms with Crippen LogP contribution in [0.3, 0.4) is 0 Å². The molecule has 1 N–H and O–H groups in total. The Morgan fingerprint density at radius 2 is 2.24 bits per heavy atom. The quantitative estimate of drug-likeness (QED) is 0.852. The molecule has 0 saturated heterocycles. The number of hydrogen-bond acceptors (Lipinski definition) is 6. The molecule has 2 heterocycles. The molecule has 0 aliphatic carbocycles. The Kier molecular flexibility index (Phi) is 4.56. The molecule has 21 heavy (non-hydrogen) atoms. The predicted octanol–water partition coefficient (Wildman–Crippen LogP) is 2.49. The van der Waals surface area contributed by atoms with Gasteiger partial charge in [-0.3, -0.25) is 4.79 Å². The standard InChI is InChI=1S/C11H10F3N3O3S/c1-6(8(18)15-5-11(12,13)14)21-10-17-16-9(20-10)7-3-2-4-19-7/h2-4,6H,5H2,1H3,(H,15,18)/t6-/m1/s1. The van der Waals surface area contributed by atoms with Crippen LogP contribution >= 0.6 is 11.8 Å². The van der Waals surface area contributed by atoms with Crippen LogP contribution in [-0.2, 0) is 4.79 Å². The van der Waals surface area contributed by atoms with Crippen LogP contribution in [0.1, 0.15) is 6.92 Å². The highest BCUT2D eigenvalue weighted by Gasteiger charge is 2.29. The number of hydrogen-bond donors (Lipinski definition) is 1. The van der Waals surface area contributed by atoms with Gasteiger partial charge >= 0.3 is 6.18 Å². The Bertz CT molecular complexity index is 597. The van der Waals surface area contributed by atoms with E-state index in [1.807, 2.05) is 0 Å². The smallest absolute Gasteiger partial charge is 0.405 e. The van der Waals surface area contributed by atoms with Crippen LogP contribution in [0.2, 0.25) is 0 Å². The number of carbonyl (C=O) groups excluding carboxylic acids is 1. The number of rotatable bonds is 5. The van der Waals surface area contributed by atoms with E-state index in [0.717, 1.165) is 11.8 Å². The Labute approximate surface area is 121 Å². The summed E-state index contributed by atoms with van der Waals surface area (Å²) < 4.78 is 46.3. The number of carbonyl (C=O) groups is 1. The summed E-state index contributed by atoms with van der Waals surface area (Å²) in [6.07, 6.45) is -3.02. The molecule has 2 rings (SSSR count). The zero-order valence-corrected chi connectivity index (χ0v) is 11.5. The molecule has 0 saturated carbocycles. The summed E-state index contributed by atoms with van der Waals surface area (Å²) in [6, 6.07) is 3.25. The average molecular weight is 321 g/mol. The van der Waals surface area contributed by atoms with Gasteiger partial charge in [-0.1, -0.05) is 11.8 Å². The highest BCUT2D eigenvalue weighted by Crippen LogP contribution is 2.26. The number of alkyl halides is 3. The lowest BCUT2D eigenvalue weighted by Crippen LogP contribution is -2.37. The van der Waals surface area contributed by atoms with Crippen molar-refractivity contribution < 1.29 is 26.8 Å². The summed E-state index contributed by atoms with van der Waals surface area (Å²) in [5, 5.41) is 8.44. The molecular formula is C11H10F3N3O3S. The molecule has 0 aliphatic rings. The van der Waals surface area contributed by atoms with E-state index in [-0.39, 0.29) is 11.1 Å². The fourth-order valence-corrected chi connectivity index (χ4v) is 2.00. The maximum atomic E-state index is 12.0. The molecule has 10 heteroatoms. The van der Waals surface area contributed by atoms with E-state index < -0.39 is 23.9 Å². The number of furan rings is 1. The van der Waals surface area contributed by atoms with Crippen molar-refractivity contribution in [3.05, 3.63) is 18.4 Å². The van der Waals surface area contributed by atoms with Gasteiger partial charge in [0.15, 0.2) is 5.76 Å². The molecule has 0 bridgehead atoms. The molecule has 0 fully saturated rings. The lowest BCUT2D eigenvalue weighted by molar-refractivity contribution is -0.137. The molecule has 0 aliphatic heterocycles. The molecule has 0 unspecified atom stereocenters. The molecule has 6 nitrogen and oxygen atoms in total. The molecule has 1 amide bonds. The van der Waals surface area contributed by atoms with E-state index in [0.29, 0.717) is 5.76 Å². The first-order chi connectivity index (χ1) is 9.85. The zero-order valence-electron chi connectivity index (χ0n) is 10.7. The summed E-state index contributed by atoms with van der Waals surface area (Å²) in [5.41, 5.74) is 0. The minimum absolute atomic E-state index is 0.0658. The van der Waals surface area contributed by atoms with Gasteiger partial charge in [0.2, 0.25) is 5.91 Å². The van der Waals surface area contributed by atoms with Crippen molar-refractivity contribution in [1.82, 2.24) is 15.5 Å². The maximum Gasteiger partial charge on any atom is 0.405 e. The average Bonchev–Trinajstić information content (AvgIpc) is 3.04. The van der Waals surface area contributed by atoms with Crippen molar-refractivity contribution in [1.29, 1.82) is 0 Å². The van der Waals surface area contributed by atoms with Crippen LogP contribution in [0.5, 0.6) is 0 Å². The molecule has 114 valence electrons. The highest BCUT2D eigenvalue weighted by molar-refractivity contribution is 8.00. The third-order valence-electron chi connectivity index (χ3n) is 2.25. The number of aromatic nitrogens is 2. The van der Waals surface area contributed by atoms with E-state index in [1.54, 1.807) is 17.4 Å². The zero-order chi connectivity index (χ0) is 15.5. The Morgan fingerprint density at radius 1 is 1.48 bits per heavy atom. The minimum Gasteiger partial charge on any atom is -0.459 e. The number of halogens is 3. The molecule has 0 spiro atoms. The van der Waals surface area contributed by atoms with Gasteiger partial charge in [0.1, 0.15) is 6.54 Å². The first-order valence-corrected chi connectivity index (χ1v) is 6.61. The number of nitrogens with zero attached hydrogens (tertiary/aromatic N) is 2. The topological polar surface area (TPSA) is 81.2 Å². The van der Waals surface area contributed by atoms with Crippen LogP contribution < -0.4 is 5.32 Å². The summed E-state index contributed by atoms with van der Waals surface area (Å²) in [5.74, 6) is -0.274. The van der Waals surface area contributed by atoms with E-state index >= 15 is 0 Å². The van der Waals surface area contributed by atoms with Crippen molar-refractivity contribution in [2.24, 2.45) is 0 Å². The lowest BCUT2D eigenvalue weighted by atomic mass is 10.4. The van der Waals surface area contributed by atoms with Crippen molar-refractivity contribution in [3.8, 4) is 11.7 Å².